The fourth-order valence-electron chi connectivity index (χ4n) is 2.94. The zero-order valence-corrected chi connectivity index (χ0v) is 15.4. The lowest BCUT2D eigenvalue weighted by Gasteiger charge is -2.23. The van der Waals surface area contributed by atoms with Crippen molar-refractivity contribution in [1.82, 2.24) is 4.98 Å². The molecule has 1 N–H and O–H groups in total. The van der Waals surface area contributed by atoms with Crippen LogP contribution < -0.4 is 10.2 Å². The van der Waals surface area contributed by atoms with Crippen LogP contribution in [0.5, 0.6) is 0 Å². The number of pyridine rings is 1. The predicted octanol–water partition coefficient (Wildman–Crippen LogP) is 5.11. The smallest absolute Gasteiger partial charge is 0.257 e. The monoisotopic (exact) mass is 345 g/mol. The maximum Gasteiger partial charge on any atom is 0.257 e. The zero-order chi connectivity index (χ0) is 18.5. The maximum absolute atomic E-state index is 12.6. The van der Waals surface area contributed by atoms with Gasteiger partial charge in [0.15, 0.2) is 0 Å². The van der Waals surface area contributed by atoms with Crippen molar-refractivity contribution in [3.63, 3.8) is 0 Å². The second kappa shape index (κ2) is 7.83. The minimum absolute atomic E-state index is 0.162. The SMILES string of the molecule is CCN(c1cccc(C)c1)c1cncc(C(=O)Nc2cccc(C)c2)c1. The molecule has 1 amide bonds. The third-order valence-electron chi connectivity index (χ3n) is 4.20. The Morgan fingerprint density at radius 3 is 2.38 bits per heavy atom. The van der Waals surface area contributed by atoms with E-state index in [-0.39, 0.29) is 5.91 Å². The number of aryl methyl sites for hydroxylation is 2. The molecule has 0 bridgehead atoms. The van der Waals surface area contributed by atoms with Crippen LogP contribution in [0.2, 0.25) is 0 Å². The van der Waals surface area contributed by atoms with E-state index >= 15 is 0 Å². The van der Waals surface area contributed by atoms with E-state index in [1.54, 1.807) is 12.4 Å². The first kappa shape index (κ1) is 17.7. The molecule has 0 atom stereocenters. The lowest BCUT2D eigenvalue weighted by molar-refractivity contribution is 0.102. The molecule has 0 spiro atoms. The molecule has 2 aromatic carbocycles. The van der Waals surface area contributed by atoms with Crippen LogP contribution in [0.1, 0.15) is 28.4 Å². The largest absolute Gasteiger partial charge is 0.340 e. The summed E-state index contributed by atoms with van der Waals surface area (Å²) in [6.45, 7) is 6.94. The average molecular weight is 345 g/mol. The summed E-state index contributed by atoms with van der Waals surface area (Å²) in [7, 11) is 0. The van der Waals surface area contributed by atoms with Gasteiger partial charge in [-0.25, -0.2) is 0 Å². The van der Waals surface area contributed by atoms with E-state index in [9.17, 15) is 4.79 Å². The summed E-state index contributed by atoms with van der Waals surface area (Å²) in [5.74, 6) is -0.162. The summed E-state index contributed by atoms with van der Waals surface area (Å²) in [5, 5.41) is 2.93. The Kier molecular flexibility index (Phi) is 5.32. The van der Waals surface area contributed by atoms with Gasteiger partial charge in [-0.05, 0) is 62.2 Å². The second-order valence-electron chi connectivity index (χ2n) is 6.34. The lowest BCUT2D eigenvalue weighted by Crippen LogP contribution is -2.18. The molecule has 4 nitrogen and oxygen atoms in total. The van der Waals surface area contributed by atoms with E-state index in [2.05, 4.69) is 47.2 Å². The maximum atomic E-state index is 12.6. The van der Waals surface area contributed by atoms with Gasteiger partial charge in [0.2, 0.25) is 0 Å². The number of benzene rings is 2. The molecule has 0 aliphatic rings. The fourth-order valence-corrected chi connectivity index (χ4v) is 2.94. The second-order valence-corrected chi connectivity index (χ2v) is 6.34. The van der Waals surface area contributed by atoms with Crippen molar-refractivity contribution in [2.24, 2.45) is 0 Å². The van der Waals surface area contributed by atoms with Gasteiger partial charge in [-0.1, -0.05) is 24.3 Å². The van der Waals surface area contributed by atoms with Crippen LogP contribution in [0, 0.1) is 13.8 Å². The summed E-state index contributed by atoms with van der Waals surface area (Å²) < 4.78 is 0. The van der Waals surface area contributed by atoms with Gasteiger partial charge in [0.05, 0.1) is 17.4 Å². The molecule has 0 saturated heterocycles. The third kappa shape index (κ3) is 4.09. The first-order valence-corrected chi connectivity index (χ1v) is 8.74. The van der Waals surface area contributed by atoms with Crippen LogP contribution in [0.4, 0.5) is 17.1 Å². The molecule has 26 heavy (non-hydrogen) atoms. The van der Waals surface area contributed by atoms with Crippen LogP contribution in [-0.4, -0.2) is 17.4 Å². The van der Waals surface area contributed by atoms with Gasteiger partial charge < -0.3 is 10.2 Å². The highest BCUT2D eigenvalue weighted by atomic mass is 16.1. The van der Waals surface area contributed by atoms with Gasteiger partial charge in [-0.3, -0.25) is 9.78 Å². The number of hydrogen-bond acceptors (Lipinski definition) is 3. The number of nitrogens with one attached hydrogen (secondary N) is 1. The van der Waals surface area contributed by atoms with Gasteiger partial charge in [0, 0.05) is 24.1 Å². The molecule has 132 valence electrons. The molecular weight excluding hydrogens is 322 g/mol. The zero-order valence-electron chi connectivity index (χ0n) is 15.4. The molecule has 0 aliphatic heterocycles. The Labute approximate surface area is 154 Å². The Morgan fingerprint density at radius 2 is 1.69 bits per heavy atom. The van der Waals surface area contributed by atoms with Crippen LogP contribution in [0.3, 0.4) is 0 Å². The van der Waals surface area contributed by atoms with Crippen LogP contribution >= 0.6 is 0 Å². The molecule has 0 radical (unpaired) electrons. The number of carbonyl (C=O) groups is 1. The molecule has 3 aromatic rings. The summed E-state index contributed by atoms with van der Waals surface area (Å²) in [6.07, 6.45) is 3.38. The molecule has 0 unspecified atom stereocenters. The van der Waals surface area contributed by atoms with Crippen molar-refractivity contribution in [3.05, 3.63) is 83.7 Å². The lowest BCUT2D eigenvalue weighted by atomic mass is 10.1. The summed E-state index contributed by atoms with van der Waals surface area (Å²) >= 11 is 0. The van der Waals surface area contributed by atoms with Crippen molar-refractivity contribution in [1.29, 1.82) is 0 Å². The molecule has 0 saturated carbocycles. The Morgan fingerprint density at radius 1 is 0.962 bits per heavy atom. The molecule has 3 rings (SSSR count). The number of anilines is 3. The molecule has 1 aromatic heterocycles. The van der Waals surface area contributed by atoms with Crippen molar-refractivity contribution < 1.29 is 4.79 Å². The molecule has 4 heteroatoms. The molecule has 0 fully saturated rings. The first-order chi connectivity index (χ1) is 12.6. The number of rotatable bonds is 5. The van der Waals surface area contributed by atoms with E-state index in [1.807, 2.05) is 43.3 Å². The Bertz CT molecular complexity index is 921. The normalized spacial score (nSPS) is 10.4. The van der Waals surface area contributed by atoms with E-state index < -0.39 is 0 Å². The molecule has 0 aliphatic carbocycles. The van der Waals surface area contributed by atoms with Gasteiger partial charge in [-0.15, -0.1) is 0 Å². The number of amides is 1. The summed E-state index contributed by atoms with van der Waals surface area (Å²) in [4.78, 5) is 19.0. The topological polar surface area (TPSA) is 45.2 Å². The first-order valence-electron chi connectivity index (χ1n) is 8.74. The number of nitrogens with zero attached hydrogens (tertiary/aromatic N) is 2. The van der Waals surface area contributed by atoms with Gasteiger partial charge in [0.1, 0.15) is 0 Å². The Hall–Kier alpha value is -3.14. The van der Waals surface area contributed by atoms with Gasteiger partial charge >= 0.3 is 0 Å². The standard InChI is InChI=1S/C22H23N3O/c1-4-25(20-10-6-8-17(3)12-20)21-13-18(14-23-15-21)22(26)24-19-9-5-7-16(2)11-19/h5-15H,4H2,1-3H3,(H,24,26). The minimum atomic E-state index is -0.162. The predicted molar refractivity (Wildman–Crippen MR) is 107 cm³/mol. The van der Waals surface area contributed by atoms with Crippen LogP contribution in [-0.2, 0) is 0 Å². The molecular formula is C22H23N3O. The summed E-state index contributed by atoms with van der Waals surface area (Å²) in [5.41, 5.74) is 5.61. The number of hydrogen-bond donors (Lipinski definition) is 1. The van der Waals surface area contributed by atoms with E-state index in [1.165, 1.54) is 5.56 Å². The van der Waals surface area contributed by atoms with Crippen LogP contribution in [0.15, 0.2) is 67.0 Å². The quantitative estimate of drug-likeness (QED) is 0.699. The average Bonchev–Trinajstić information content (AvgIpc) is 2.63. The highest BCUT2D eigenvalue weighted by Gasteiger charge is 2.12. The van der Waals surface area contributed by atoms with Crippen molar-refractivity contribution in [2.75, 3.05) is 16.8 Å². The highest BCUT2D eigenvalue weighted by Crippen LogP contribution is 2.26. The summed E-state index contributed by atoms with van der Waals surface area (Å²) in [6, 6.07) is 17.9. The minimum Gasteiger partial charge on any atom is -0.340 e. The van der Waals surface area contributed by atoms with Gasteiger partial charge in [0.25, 0.3) is 5.91 Å². The third-order valence-corrected chi connectivity index (χ3v) is 4.20. The van der Waals surface area contributed by atoms with Crippen molar-refractivity contribution >= 4 is 23.0 Å². The number of carbonyl (C=O) groups excluding carboxylic acids is 1. The molecule has 1 heterocycles. The Balaban J connectivity index is 1.86. The van der Waals surface area contributed by atoms with Gasteiger partial charge in [-0.2, -0.15) is 0 Å². The van der Waals surface area contributed by atoms with E-state index in [0.29, 0.717) is 5.56 Å². The van der Waals surface area contributed by atoms with Crippen molar-refractivity contribution in [2.45, 2.75) is 20.8 Å². The number of aromatic nitrogens is 1. The van der Waals surface area contributed by atoms with Crippen LogP contribution in [0.25, 0.3) is 0 Å². The van der Waals surface area contributed by atoms with E-state index in [4.69, 9.17) is 0 Å². The van der Waals surface area contributed by atoms with E-state index in [0.717, 1.165) is 29.2 Å². The highest BCUT2D eigenvalue weighted by molar-refractivity contribution is 6.04. The van der Waals surface area contributed by atoms with Crippen molar-refractivity contribution in [3.8, 4) is 0 Å². The fraction of sp³-hybridized carbons (Fsp3) is 0.182.